The molecule has 0 bridgehead atoms. The summed E-state index contributed by atoms with van der Waals surface area (Å²) in [5, 5.41) is 9.41. The molecule has 6 nitrogen and oxygen atoms in total. The highest BCUT2D eigenvalue weighted by Gasteiger charge is 2.45. The molecular weight excluding hydrogens is 408 g/mol. The summed E-state index contributed by atoms with van der Waals surface area (Å²) < 4.78 is 9.72. The van der Waals surface area contributed by atoms with Crippen molar-refractivity contribution in [3.8, 4) is 0 Å². The summed E-state index contributed by atoms with van der Waals surface area (Å²) in [5.41, 5.74) is 0. The van der Waals surface area contributed by atoms with Crippen molar-refractivity contribution in [2.45, 2.75) is 149 Å². The predicted molar refractivity (Wildman–Crippen MR) is 127 cm³/mol. The number of aliphatic carboxylic acids is 1. The van der Waals surface area contributed by atoms with Crippen molar-refractivity contribution < 1.29 is 29.0 Å². The Morgan fingerprint density at radius 1 is 0.562 bits per heavy atom. The molecule has 0 aromatic rings. The first-order valence-electron chi connectivity index (χ1n) is 13.0. The minimum absolute atomic E-state index is 0.0275. The van der Waals surface area contributed by atoms with Gasteiger partial charge in [0, 0.05) is 20.3 Å². The second-order valence-corrected chi connectivity index (χ2v) is 9.01. The Kier molecular flexibility index (Phi) is 19.1. The van der Waals surface area contributed by atoms with Crippen LogP contribution in [0.2, 0.25) is 0 Å². The first kappa shape index (κ1) is 30.4. The van der Waals surface area contributed by atoms with E-state index in [2.05, 4.69) is 6.92 Å². The number of carbonyl (C=O) groups is 3. The maximum atomic E-state index is 11.6. The lowest BCUT2D eigenvalue weighted by atomic mass is 10.0. The third-order valence-corrected chi connectivity index (χ3v) is 5.80. The predicted octanol–water partition coefficient (Wildman–Crippen LogP) is 7.33. The van der Waals surface area contributed by atoms with Crippen molar-refractivity contribution in [3.05, 3.63) is 0 Å². The largest absolute Gasteiger partial charge is 0.475 e. The Balaban J connectivity index is 3.65. The first-order chi connectivity index (χ1) is 15.3. The summed E-state index contributed by atoms with van der Waals surface area (Å²) in [7, 11) is 0. The molecule has 0 fully saturated rings. The molecule has 0 aromatic heterocycles. The molecule has 0 saturated heterocycles. The van der Waals surface area contributed by atoms with Gasteiger partial charge in [-0.25, -0.2) is 4.79 Å². The maximum Gasteiger partial charge on any atom is 0.390 e. The number of ether oxygens (including phenoxy) is 2. The minimum Gasteiger partial charge on any atom is -0.475 e. The van der Waals surface area contributed by atoms with Crippen LogP contribution in [0.3, 0.4) is 0 Å². The molecule has 0 aliphatic carbocycles. The van der Waals surface area contributed by atoms with E-state index >= 15 is 0 Å². The van der Waals surface area contributed by atoms with Crippen LogP contribution < -0.4 is 0 Å². The summed E-state index contributed by atoms with van der Waals surface area (Å²) in [6.45, 7) is 4.48. The Labute approximate surface area is 195 Å². The summed E-state index contributed by atoms with van der Waals surface area (Å²) >= 11 is 0. The molecule has 32 heavy (non-hydrogen) atoms. The minimum atomic E-state index is -2.20. The van der Waals surface area contributed by atoms with Crippen LogP contribution in [0.4, 0.5) is 0 Å². The molecule has 0 heterocycles. The molecule has 0 aliphatic heterocycles. The van der Waals surface area contributed by atoms with Gasteiger partial charge in [0.2, 0.25) is 0 Å². The fourth-order valence-electron chi connectivity index (χ4n) is 4.04. The number of esters is 2. The molecule has 0 spiro atoms. The van der Waals surface area contributed by atoms with Gasteiger partial charge in [-0.05, 0) is 6.42 Å². The molecule has 188 valence electrons. The summed E-state index contributed by atoms with van der Waals surface area (Å²) in [6.07, 6.45) is 22.3. The Morgan fingerprint density at radius 2 is 0.844 bits per heavy atom. The zero-order chi connectivity index (χ0) is 24.1. The van der Waals surface area contributed by atoms with Crippen LogP contribution in [0.15, 0.2) is 0 Å². The highest BCUT2D eigenvalue weighted by Crippen LogP contribution is 2.24. The number of unbranched alkanes of at least 4 members (excludes halogenated alkanes) is 17. The first-order valence-corrected chi connectivity index (χ1v) is 13.0. The Morgan fingerprint density at radius 3 is 1.09 bits per heavy atom. The monoisotopic (exact) mass is 456 g/mol. The highest BCUT2D eigenvalue weighted by atomic mass is 16.7. The molecule has 0 rings (SSSR count). The number of carboxylic acids is 1. The van der Waals surface area contributed by atoms with Gasteiger partial charge in [0.1, 0.15) is 0 Å². The summed E-state index contributed by atoms with van der Waals surface area (Å²) in [6, 6.07) is 0. The number of carboxylic acid groups (broad SMARTS) is 1. The van der Waals surface area contributed by atoms with Crippen molar-refractivity contribution in [3.63, 3.8) is 0 Å². The van der Waals surface area contributed by atoms with Crippen LogP contribution in [0.25, 0.3) is 0 Å². The van der Waals surface area contributed by atoms with Gasteiger partial charge in [-0.2, -0.15) is 0 Å². The standard InChI is InChI=1S/C26H48O6/c1-4-5-6-7-8-9-10-11-12-13-14-15-16-17-18-19-20-21-22-26(25(29)30,31-23(2)27)32-24(3)28/h4-22H2,1-3H3,(H,29,30). The molecule has 0 unspecified atom stereocenters. The average molecular weight is 457 g/mol. The van der Waals surface area contributed by atoms with Crippen molar-refractivity contribution in [1.29, 1.82) is 0 Å². The maximum absolute atomic E-state index is 11.6. The van der Waals surface area contributed by atoms with E-state index in [-0.39, 0.29) is 6.42 Å². The third kappa shape index (κ3) is 17.0. The van der Waals surface area contributed by atoms with Crippen molar-refractivity contribution in [2.75, 3.05) is 0 Å². The van der Waals surface area contributed by atoms with Crippen LogP contribution in [-0.2, 0) is 23.9 Å². The molecule has 0 saturated carbocycles. The van der Waals surface area contributed by atoms with Gasteiger partial charge < -0.3 is 14.6 Å². The van der Waals surface area contributed by atoms with E-state index in [0.717, 1.165) is 33.1 Å². The van der Waals surface area contributed by atoms with E-state index in [4.69, 9.17) is 9.47 Å². The Bertz CT molecular complexity index is 487. The van der Waals surface area contributed by atoms with Gasteiger partial charge in [0.25, 0.3) is 0 Å². The molecule has 1 N–H and O–H groups in total. The summed E-state index contributed by atoms with van der Waals surface area (Å²) in [5.74, 6) is -5.21. The van der Waals surface area contributed by atoms with Crippen molar-refractivity contribution in [1.82, 2.24) is 0 Å². The average Bonchev–Trinajstić information content (AvgIpc) is 2.71. The fourth-order valence-corrected chi connectivity index (χ4v) is 4.04. The molecule has 0 amide bonds. The van der Waals surface area contributed by atoms with Gasteiger partial charge in [-0.1, -0.05) is 116 Å². The zero-order valence-electron chi connectivity index (χ0n) is 20.9. The van der Waals surface area contributed by atoms with Gasteiger partial charge in [-0.3, -0.25) is 9.59 Å². The smallest absolute Gasteiger partial charge is 0.390 e. The van der Waals surface area contributed by atoms with Gasteiger partial charge >= 0.3 is 23.7 Å². The van der Waals surface area contributed by atoms with Crippen LogP contribution >= 0.6 is 0 Å². The van der Waals surface area contributed by atoms with Crippen molar-refractivity contribution >= 4 is 17.9 Å². The zero-order valence-corrected chi connectivity index (χ0v) is 20.9. The number of hydrogen-bond donors (Lipinski definition) is 1. The van der Waals surface area contributed by atoms with E-state index in [1.165, 1.54) is 89.9 Å². The van der Waals surface area contributed by atoms with Crippen LogP contribution in [-0.4, -0.2) is 28.8 Å². The second kappa shape index (κ2) is 20.0. The number of hydrogen-bond acceptors (Lipinski definition) is 5. The second-order valence-electron chi connectivity index (χ2n) is 9.01. The van der Waals surface area contributed by atoms with E-state index in [1.807, 2.05) is 0 Å². The number of carbonyl (C=O) groups excluding carboxylic acids is 2. The number of rotatable bonds is 22. The molecule has 6 heteroatoms. The van der Waals surface area contributed by atoms with Gasteiger partial charge in [0.15, 0.2) is 0 Å². The van der Waals surface area contributed by atoms with E-state index < -0.39 is 23.7 Å². The summed E-state index contributed by atoms with van der Waals surface area (Å²) in [4.78, 5) is 34.1. The normalized spacial score (nSPS) is 11.3. The molecule has 0 aromatic carbocycles. The fraction of sp³-hybridized carbons (Fsp3) is 0.885. The van der Waals surface area contributed by atoms with Crippen LogP contribution in [0.1, 0.15) is 143 Å². The third-order valence-electron chi connectivity index (χ3n) is 5.80. The van der Waals surface area contributed by atoms with Gasteiger partial charge in [0.05, 0.1) is 0 Å². The molecular formula is C26H48O6. The topological polar surface area (TPSA) is 89.9 Å². The van der Waals surface area contributed by atoms with Crippen LogP contribution in [0.5, 0.6) is 0 Å². The van der Waals surface area contributed by atoms with Crippen molar-refractivity contribution in [2.24, 2.45) is 0 Å². The quantitative estimate of drug-likeness (QED) is 0.104. The lowest BCUT2D eigenvalue weighted by Crippen LogP contribution is -2.46. The SMILES string of the molecule is CCCCCCCCCCCCCCCCCCCCC(OC(C)=O)(OC(C)=O)C(=O)O. The lowest BCUT2D eigenvalue weighted by molar-refractivity contribution is -0.237. The molecule has 0 atom stereocenters. The Hall–Kier alpha value is -1.59. The highest BCUT2D eigenvalue weighted by molar-refractivity contribution is 5.82. The van der Waals surface area contributed by atoms with E-state index in [0.29, 0.717) is 6.42 Å². The van der Waals surface area contributed by atoms with E-state index in [9.17, 15) is 19.5 Å². The molecule has 0 aliphatic rings. The van der Waals surface area contributed by atoms with E-state index in [1.54, 1.807) is 0 Å². The molecule has 0 radical (unpaired) electrons. The lowest BCUT2D eigenvalue weighted by Gasteiger charge is -2.27. The van der Waals surface area contributed by atoms with Crippen LogP contribution in [0, 0.1) is 0 Å². The van der Waals surface area contributed by atoms with Gasteiger partial charge in [-0.15, -0.1) is 0 Å².